The Morgan fingerprint density at radius 2 is 1.91 bits per heavy atom. The first-order valence-electron chi connectivity index (χ1n) is 7.05. The number of carbonyl (C=O) groups excluding carboxylic acids is 1. The van der Waals surface area contributed by atoms with Crippen LogP contribution in [0.4, 0.5) is 0 Å². The highest BCUT2D eigenvalue weighted by molar-refractivity contribution is 6.30. The lowest BCUT2D eigenvalue weighted by Crippen LogP contribution is -2.15. The Labute approximate surface area is 133 Å². The number of hydrogen-bond donors (Lipinski definition) is 0. The second kappa shape index (κ2) is 6.71. The van der Waals surface area contributed by atoms with E-state index in [1.54, 1.807) is 24.3 Å². The highest BCUT2D eigenvalue weighted by Gasteiger charge is 2.14. The zero-order chi connectivity index (χ0) is 15.4. The molecule has 5 heteroatoms. The smallest absolute Gasteiger partial charge is 0.311 e. The van der Waals surface area contributed by atoms with Crippen LogP contribution < -0.4 is 14.2 Å². The average molecular weight is 319 g/mol. The minimum Gasteiger partial charge on any atom is -0.486 e. The molecule has 3 rings (SSSR count). The van der Waals surface area contributed by atoms with Crippen LogP contribution in [0.3, 0.4) is 0 Å². The van der Waals surface area contributed by atoms with Crippen molar-refractivity contribution in [3.8, 4) is 17.2 Å². The molecule has 1 aliphatic heterocycles. The fraction of sp³-hybridized carbons (Fsp3) is 0.235. The van der Waals surface area contributed by atoms with Crippen molar-refractivity contribution in [1.29, 1.82) is 0 Å². The van der Waals surface area contributed by atoms with Crippen LogP contribution in [-0.4, -0.2) is 19.2 Å². The Morgan fingerprint density at radius 1 is 1.09 bits per heavy atom. The Kier molecular flexibility index (Phi) is 4.49. The van der Waals surface area contributed by atoms with Crippen molar-refractivity contribution in [3.05, 3.63) is 53.1 Å². The standard InChI is InChI=1S/C17H15ClO4/c18-13-3-1-2-12(10-13)4-7-17(19)22-14-5-6-15-16(11-14)21-9-8-20-15/h1-3,5-6,10-11H,4,7-9H2. The van der Waals surface area contributed by atoms with Crippen LogP contribution in [0.1, 0.15) is 12.0 Å². The monoisotopic (exact) mass is 318 g/mol. The SMILES string of the molecule is O=C(CCc1cccc(Cl)c1)Oc1ccc2c(c1)OCCO2. The summed E-state index contributed by atoms with van der Waals surface area (Å²) >= 11 is 5.92. The first kappa shape index (κ1) is 14.7. The second-order valence-corrected chi connectivity index (χ2v) is 5.35. The van der Waals surface area contributed by atoms with Gasteiger partial charge in [-0.15, -0.1) is 0 Å². The van der Waals surface area contributed by atoms with E-state index in [1.165, 1.54) is 0 Å². The average Bonchev–Trinajstić information content (AvgIpc) is 2.53. The third-order valence-electron chi connectivity index (χ3n) is 3.25. The molecule has 0 aliphatic carbocycles. The molecule has 0 amide bonds. The molecule has 0 atom stereocenters. The van der Waals surface area contributed by atoms with Crippen molar-refractivity contribution in [1.82, 2.24) is 0 Å². The molecule has 0 N–H and O–H groups in total. The van der Waals surface area contributed by atoms with Crippen molar-refractivity contribution < 1.29 is 19.0 Å². The molecule has 0 saturated carbocycles. The van der Waals surface area contributed by atoms with Gasteiger partial charge < -0.3 is 14.2 Å². The van der Waals surface area contributed by atoms with Crippen LogP contribution in [0.2, 0.25) is 5.02 Å². The Morgan fingerprint density at radius 3 is 2.73 bits per heavy atom. The summed E-state index contributed by atoms with van der Waals surface area (Å²) in [7, 11) is 0. The third-order valence-corrected chi connectivity index (χ3v) is 3.49. The van der Waals surface area contributed by atoms with Gasteiger partial charge in [-0.1, -0.05) is 23.7 Å². The van der Waals surface area contributed by atoms with Gasteiger partial charge in [0.2, 0.25) is 0 Å². The van der Waals surface area contributed by atoms with Crippen LogP contribution >= 0.6 is 11.6 Å². The second-order valence-electron chi connectivity index (χ2n) is 4.91. The van der Waals surface area contributed by atoms with Crippen LogP contribution in [0.5, 0.6) is 17.2 Å². The summed E-state index contributed by atoms with van der Waals surface area (Å²) in [6.07, 6.45) is 0.874. The maximum absolute atomic E-state index is 11.9. The van der Waals surface area contributed by atoms with Crippen molar-refractivity contribution in [2.75, 3.05) is 13.2 Å². The Bertz CT molecular complexity index is 684. The molecular formula is C17H15ClO4. The van der Waals surface area contributed by atoms with E-state index in [9.17, 15) is 4.79 Å². The number of benzene rings is 2. The number of aryl methyl sites for hydroxylation is 1. The summed E-state index contributed by atoms with van der Waals surface area (Å²) in [6, 6.07) is 12.6. The minimum absolute atomic E-state index is 0.286. The lowest BCUT2D eigenvalue weighted by Gasteiger charge is -2.18. The zero-order valence-corrected chi connectivity index (χ0v) is 12.6. The summed E-state index contributed by atoms with van der Waals surface area (Å²) in [4.78, 5) is 11.9. The van der Waals surface area contributed by atoms with Gasteiger partial charge in [0, 0.05) is 17.5 Å². The van der Waals surface area contributed by atoms with Crippen LogP contribution in [0.15, 0.2) is 42.5 Å². The predicted octanol–water partition coefficient (Wildman–Crippen LogP) is 3.65. The fourth-order valence-electron chi connectivity index (χ4n) is 2.21. The van der Waals surface area contributed by atoms with E-state index < -0.39 is 0 Å². The van der Waals surface area contributed by atoms with Gasteiger partial charge in [-0.25, -0.2) is 0 Å². The summed E-state index contributed by atoms with van der Waals surface area (Å²) < 4.78 is 16.2. The van der Waals surface area contributed by atoms with Crippen LogP contribution in [-0.2, 0) is 11.2 Å². The van der Waals surface area contributed by atoms with Crippen LogP contribution in [0.25, 0.3) is 0 Å². The number of ether oxygens (including phenoxy) is 3. The quantitative estimate of drug-likeness (QED) is 0.637. The van der Waals surface area contributed by atoms with Gasteiger partial charge in [0.15, 0.2) is 11.5 Å². The molecule has 0 bridgehead atoms. The Hall–Kier alpha value is -2.20. The number of carbonyl (C=O) groups is 1. The highest BCUT2D eigenvalue weighted by atomic mass is 35.5. The van der Waals surface area contributed by atoms with E-state index in [4.69, 9.17) is 25.8 Å². The minimum atomic E-state index is -0.295. The van der Waals surface area contributed by atoms with Crippen LogP contribution in [0, 0.1) is 0 Å². The molecule has 22 heavy (non-hydrogen) atoms. The molecule has 0 fully saturated rings. The van der Waals surface area contributed by atoms with Gasteiger partial charge in [-0.2, -0.15) is 0 Å². The third kappa shape index (κ3) is 3.71. The maximum atomic E-state index is 11.9. The predicted molar refractivity (Wildman–Crippen MR) is 82.8 cm³/mol. The summed E-state index contributed by atoms with van der Waals surface area (Å²) in [6.45, 7) is 1.03. The van der Waals surface area contributed by atoms with E-state index in [2.05, 4.69) is 0 Å². The molecular weight excluding hydrogens is 304 g/mol. The topological polar surface area (TPSA) is 44.8 Å². The van der Waals surface area contributed by atoms with E-state index in [0.29, 0.717) is 41.9 Å². The lowest BCUT2D eigenvalue weighted by molar-refractivity contribution is -0.134. The molecule has 0 unspecified atom stereocenters. The Balaban J connectivity index is 1.57. The van der Waals surface area contributed by atoms with E-state index in [0.717, 1.165) is 5.56 Å². The van der Waals surface area contributed by atoms with Crippen molar-refractivity contribution in [2.45, 2.75) is 12.8 Å². The molecule has 1 heterocycles. The van der Waals surface area contributed by atoms with Gasteiger partial charge in [-0.05, 0) is 36.2 Å². The van der Waals surface area contributed by atoms with E-state index >= 15 is 0 Å². The molecule has 2 aromatic carbocycles. The fourth-order valence-corrected chi connectivity index (χ4v) is 2.42. The molecule has 4 nitrogen and oxygen atoms in total. The number of rotatable bonds is 4. The molecule has 1 aliphatic rings. The summed E-state index contributed by atoms with van der Waals surface area (Å²) in [5, 5.41) is 0.665. The summed E-state index contributed by atoms with van der Waals surface area (Å²) in [5.41, 5.74) is 1.01. The number of esters is 1. The van der Waals surface area contributed by atoms with E-state index in [-0.39, 0.29) is 12.4 Å². The first-order chi connectivity index (χ1) is 10.7. The van der Waals surface area contributed by atoms with Crippen molar-refractivity contribution in [2.24, 2.45) is 0 Å². The lowest BCUT2D eigenvalue weighted by atomic mass is 10.1. The van der Waals surface area contributed by atoms with Gasteiger partial charge >= 0.3 is 5.97 Å². The number of halogens is 1. The number of fused-ring (bicyclic) bond motifs is 1. The molecule has 2 aromatic rings. The molecule has 0 aromatic heterocycles. The van der Waals surface area contributed by atoms with Gasteiger partial charge in [-0.3, -0.25) is 4.79 Å². The first-order valence-corrected chi connectivity index (χ1v) is 7.43. The largest absolute Gasteiger partial charge is 0.486 e. The van der Waals surface area contributed by atoms with E-state index in [1.807, 2.05) is 18.2 Å². The molecule has 0 radical (unpaired) electrons. The molecule has 0 saturated heterocycles. The summed E-state index contributed by atoms with van der Waals surface area (Å²) in [5.74, 6) is 1.44. The van der Waals surface area contributed by atoms with Crippen molar-refractivity contribution in [3.63, 3.8) is 0 Å². The highest BCUT2D eigenvalue weighted by Crippen LogP contribution is 2.33. The van der Waals surface area contributed by atoms with Gasteiger partial charge in [0.25, 0.3) is 0 Å². The normalized spacial score (nSPS) is 12.8. The number of hydrogen-bond acceptors (Lipinski definition) is 4. The van der Waals surface area contributed by atoms with Crippen molar-refractivity contribution >= 4 is 17.6 Å². The molecule has 114 valence electrons. The molecule has 0 spiro atoms. The zero-order valence-electron chi connectivity index (χ0n) is 11.9. The van der Waals surface area contributed by atoms with Gasteiger partial charge in [0.05, 0.1) is 0 Å². The maximum Gasteiger partial charge on any atom is 0.311 e. The van der Waals surface area contributed by atoms with Gasteiger partial charge in [0.1, 0.15) is 19.0 Å².